The smallest absolute Gasteiger partial charge is 0.186 e. The SMILES string of the molecule is CN(CCC=C1c2ccccc2CCc2ccccc21)c1nc2ccccc2s1. The van der Waals surface area contributed by atoms with E-state index in [-0.39, 0.29) is 0 Å². The Morgan fingerprint density at radius 3 is 2.17 bits per heavy atom. The molecule has 0 atom stereocenters. The van der Waals surface area contributed by atoms with E-state index in [1.165, 1.54) is 32.5 Å². The lowest BCUT2D eigenvalue weighted by Crippen LogP contribution is -2.17. The van der Waals surface area contributed by atoms with Crippen molar-refractivity contribution in [1.82, 2.24) is 4.98 Å². The van der Waals surface area contributed by atoms with Crippen LogP contribution in [0.4, 0.5) is 5.13 Å². The Morgan fingerprint density at radius 2 is 1.48 bits per heavy atom. The van der Waals surface area contributed by atoms with Crippen LogP contribution in [0.1, 0.15) is 28.7 Å². The summed E-state index contributed by atoms with van der Waals surface area (Å²) in [5, 5.41) is 1.09. The van der Waals surface area contributed by atoms with Gasteiger partial charge in [-0.1, -0.05) is 78.1 Å². The number of rotatable bonds is 4. The molecule has 3 heteroatoms. The molecule has 0 fully saturated rings. The molecule has 3 aromatic carbocycles. The van der Waals surface area contributed by atoms with Gasteiger partial charge in [0.15, 0.2) is 5.13 Å². The van der Waals surface area contributed by atoms with Crippen LogP contribution >= 0.6 is 11.3 Å². The standard InChI is InChI=1S/C26H24N2S/c1-28(26-27-24-14-6-7-15-25(24)29-26)18-8-13-23-21-11-4-2-9-19(21)16-17-20-10-3-5-12-22(20)23/h2-7,9-15H,8,16-18H2,1H3. The molecular formula is C26H24N2S. The molecule has 0 saturated carbocycles. The van der Waals surface area contributed by atoms with E-state index in [0.717, 1.165) is 36.5 Å². The molecule has 0 N–H and O–H groups in total. The monoisotopic (exact) mass is 396 g/mol. The molecule has 4 aromatic rings. The number of anilines is 1. The zero-order valence-electron chi connectivity index (χ0n) is 16.6. The lowest BCUT2D eigenvalue weighted by atomic mass is 9.93. The Balaban J connectivity index is 1.42. The molecule has 0 saturated heterocycles. The van der Waals surface area contributed by atoms with Crippen molar-refractivity contribution in [3.05, 3.63) is 101 Å². The van der Waals surface area contributed by atoms with Crippen LogP contribution in [0.3, 0.4) is 0 Å². The minimum Gasteiger partial charge on any atom is -0.351 e. The number of nitrogens with zero attached hydrogens (tertiary/aromatic N) is 2. The van der Waals surface area contributed by atoms with Gasteiger partial charge in [0.25, 0.3) is 0 Å². The van der Waals surface area contributed by atoms with Gasteiger partial charge in [-0.25, -0.2) is 4.98 Å². The van der Waals surface area contributed by atoms with Gasteiger partial charge in [-0.15, -0.1) is 0 Å². The Labute approximate surface area is 176 Å². The fourth-order valence-corrected chi connectivity index (χ4v) is 5.11. The lowest BCUT2D eigenvalue weighted by molar-refractivity contribution is 0.895. The second kappa shape index (κ2) is 7.84. The van der Waals surface area contributed by atoms with E-state index in [0.29, 0.717) is 0 Å². The highest BCUT2D eigenvalue weighted by Crippen LogP contribution is 2.34. The number of thiazole rings is 1. The number of hydrogen-bond donors (Lipinski definition) is 0. The average molecular weight is 397 g/mol. The third-order valence-electron chi connectivity index (χ3n) is 5.70. The van der Waals surface area contributed by atoms with Gasteiger partial charge >= 0.3 is 0 Å². The molecule has 2 nitrogen and oxygen atoms in total. The second-order valence-electron chi connectivity index (χ2n) is 7.61. The molecule has 5 rings (SSSR count). The van der Waals surface area contributed by atoms with Gasteiger partial charge in [-0.05, 0) is 59.2 Å². The van der Waals surface area contributed by atoms with Gasteiger partial charge in [0.1, 0.15) is 0 Å². The van der Waals surface area contributed by atoms with Crippen molar-refractivity contribution < 1.29 is 0 Å². The molecule has 1 aromatic heterocycles. The van der Waals surface area contributed by atoms with Gasteiger partial charge in [0.2, 0.25) is 0 Å². The molecule has 0 bridgehead atoms. The van der Waals surface area contributed by atoms with Gasteiger partial charge < -0.3 is 4.90 Å². The number of para-hydroxylation sites is 1. The maximum Gasteiger partial charge on any atom is 0.186 e. The van der Waals surface area contributed by atoms with Crippen LogP contribution in [0.5, 0.6) is 0 Å². The molecule has 144 valence electrons. The van der Waals surface area contributed by atoms with E-state index in [4.69, 9.17) is 4.98 Å². The van der Waals surface area contributed by atoms with Gasteiger partial charge in [0.05, 0.1) is 10.2 Å². The summed E-state index contributed by atoms with van der Waals surface area (Å²) >= 11 is 1.77. The number of aryl methyl sites for hydroxylation is 2. The molecule has 1 aliphatic rings. The molecule has 0 unspecified atom stereocenters. The zero-order chi connectivity index (χ0) is 19.6. The Bertz CT molecular complexity index is 1110. The maximum absolute atomic E-state index is 4.79. The van der Waals surface area contributed by atoms with Crippen molar-refractivity contribution in [2.24, 2.45) is 0 Å². The summed E-state index contributed by atoms with van der Waals surface area (Å²) in [6.07, 6.45) is 5.63. The first kappa shape index (κ1) is 18.1. The molecule has 0 amide bonds. The molecule has 29 heavy (non-hydrogen) atoms. The summed E-state index contributed by atoms with van der Waals surface area (Å²) in [6.45, 7) is 0.952. The molecular weight excluding hydrogens is 372 g/mol. The van der Waals surface area contributed by atoms with Gasteiger partial charge in [0, 0.05) is 13.6 Å². The van der Waals surface area contributed by atoms with Gasteiger partial charge in [-0.2, -0.15) is 0 Å². The van der Waals surface area contributed by atoms with Crippen LogP contribution in [0.15, 0.2) is 78.9 Å². The first-order valence-corrected chi connectivity index (χ1v) is 11.0. The first-order valence-electron chi connectivity index (χ1n) is 10.2. The summed E-state index contributed by atoms with van der Waals surface area (Å²) in [5.74, 6) is 0. The normalized spacial score (nSPS) is 12.9. The predicted molar refractivity (Wildman–Crippen MR) is 125 cm³/mol. The Morgan fingerprint density at radius 1 is 0.862 bits per heavy atom. The number of aromatic nitrogens is 1. The van der Waals surface area contributed by atoms with Crippen molar-refractivity contribution in [2.75, 3.05) is 18.5 Å². The quantitative estimate of drug-likeness (QED) is 0.399. The molecule has 0 radical (unpaired) electrons. The summed E-state index contributed by atoms with van der Waals surface area (Å²) in [6, 6.07) is 26.1. The average Bonchev–Trinajstić information content (AvgIpc) is 3.14. The lowest BCUT2D eigenvalue weighted by Gasteiger charge is -2.16. The second-order valence-corrected chi connectivity index (χ2v) is 8.62. The molecule has 0 spiro atoms. The van der Waals surface area contributed by atoms with Crippen LogP contribution in [-0.4, -0.2) is 18.6 Å². The van der Waals surface area contributed by atoms with Crippen LogP contribution in [-0.2, 0) is 12.8 Å². The highest BCUT2D eigenvalue weighted by molar-refractivity contribution is 7.22. The summed E-state index contributed by atoms with van der Waals surface area (Å²) in [4.78, 5) is 7.06. The van der Waals surface area contributed by atoms with E-state index in [9.17, 15) is 0 Å². The number of fused-ring (bicyclic) bond motifs is 3. The Kier molecular flexibility index (Phi) is 4.91. The third kappa shape index (κ3) is 3.58. The minimum atomic E-state index is 0.952. The summed E-state index contributed by atoms with van der Waals surface area (Å²) < 4.78 is 1.25. The maximum atomic E-state index is 4.79. The highest BCUT2D eigenvalue weighted by Gasteiger charge is 2.17. The van der Waals surface area contributed by atoms with Crippen molar-refractivity contribution in [2.45, 2.75) is 19.3 Å². The fraction of sp³-hybridized carbons (Fsp3) is 0.192. The molecule has 0 aliphatic heterocycles. The summed E-state index contributed by atoms with van der Waals surface area (Å²) in [7, 11) is 2.14. The van der Waals surface area contributed by atoms with Crippen LogP contribution in [0.2, 0.25) is 0 Å². The number of hydrogen-bond acceptors (Lipinski definition) is 3. The van der Waals surface area contributed by atoms with Gasteiger partial charge in [-0.3, -0.25) is 0 Å². The van der Waals surface area contributed by atoms with Crippen LogP contribution in [0.25, 0.3) is 15.8 Å². The van der Waals surface area contributed by atoms with Crippen molar-refractivity contribution in [3.63, 3.8) is 0 Å². The van der Waals surface area contributed by atoms with Crippen LogP contribution < -0.4 is 4.90 Å². The minimum absolute atomic E-state index is 0.952. The highest BCUT2D eigenvalue weighted by atomic mass is 32.1. The first-order chi connectivity index (χ1) is 14.3. The van der Waals surface area contributed by atoms with Crippen molar-refractivity contribution in [3.8, 4) is 0 Å². The van der Waals surface area contributed by atoms with Crippen LogP contribution in [0, 0.1) is 0 Å². The largest absolute Gasteiger partial charge is 0.351 e. The molecule has 1 aliphatic carbocycles. The fourth-order valence-electron chi connectivity index (χ4n) is 4.16. The van der Waals surface area contributed by atoms with E-state index >= 15 is 0 Å². The van der Waals surface area contributed by atoms with Crippen molar-refractivity contribution >= 4 is 32.3 Å². The van der Waals surface area contributed by atoms with E-state index in [1.54, 1.807) is 11.3 Å². The predicted octanol–water partition coefficient (Wildman–Crippen LogP) is 6.35. The zero-order valence-corrected chi connectivity index (χ0v) is 17.5. The Hall–Kier alpha value is -2.91. The third-order valence-corrected chi connectivity index (χ3v) is 6.85. The van der Waals surface area contributed by atoms with E-state index < -0.39 is 0 Å². The topological polar surface area (TPSA) is 16.1 Å². The van der Waals surface area contributed by atoms with E-state index in [1.807, 2.05) is 0 Å². The molecule has 1 heterocycles. The number of benzene rings is 3. The van der Waals surface area contributed by atoms with Crippen molar-refractivity contribution in [1.29, 1.82) is 0 Å². The van der Waals surface area contributed by atoms with E-state index in [2.05, 4.69) is 90.8 Å². The summed E-state index contributed by atoms with van der Waals surface area (Å²) in [5.41, 5.74) is 8.15.